The zero-order valence-corrected chi connectivity index (χ0v) is 12.6. The smallest absolute Gasteiger partial charge is 0.375 e. The maximum atomic E-state index is 12.5. The van der Waals surface area contributed by atoms with E-state index in [2.05, 4.69) is 4.18 Å². The summed E-state index contributed by atoms with van der Waals surface area (Å²) in [6.45, 7) is 1.21. The number of Topliss-reactive ketones (excluding diaryl/α,β-unsaturated/α-hetero) is 1. The zero-order valence-electron chi connectivity index (χ0n) is 11.8. The molecule has 0 unspecified atom stereocenters. The molecule has 0 amide bonds. The van der Waals surface area contributed by atoms with Crippen molar-refractivity contribution >= 4 is 15.9 Å². The van der Waals surface area contributed by atoms with E-state index in [4.69, 9.17) is 0 Å². The zero-order chi connectivity index (χ0) is 17.3. The van der Waals surface area contributed by atoms with Crippen LogP contribution in [0.4, 0.5) is 13.2 Å². The van der Waals surface area contributed by atoms with E-state index in [1.165, 1.54) is 19.1 Å². The summed E-state index contributed by atoms with van der Waals surface area (Å²) in [7, 11) is -5.84. The Morgan fingerprint density at radius 1 is 1.04 bits per heavy atom. The minimum atomic E-state index is -5.84. The number of benzene rings is 2. The predicted molar refractivity (Wildman–Crippen MR) is 77.5 cm³/mol. The molecular formula is C15H11F3O4S. The number of hydrogen-bond acceptors (Lipinski definition) is 4. The number of carbonyl (C=O) groups is 1. The van der Waals surface area contributed by atoms with Gasteiger partial charge in [-0.05, 0) is 24.6 Å². The highest BCUT2D eigenvalue weighted by atomic mass is 32.2. The van der Waals surface area contributed by atoms with Crippen LogP contribution in [0.3, 0.4) is 0 Å². The third kappa shape index (κ3) is 3.70. The van der Waals surface area contributed by atoms with Crippen LogP contribution in [0, 0.1) is 0 Å². The summed E-state index contributed by atoms with van der Waals surface area (Å²) < 4.78 is 64.3. The van der Waals surface area contributed by atoms with Crippen molar-refractivity contribution in [3.8, 4) is 16.9 Å². The van der Waals surface area contributed by atoms with Crippen LogP contribution in [-0.4, -0.2) is 19.7 Å². The molecule has 0 radical (unpaired) electrons. The molecule has 2 aromatic carbocycles. The first-order chi connectivity index (χ1) is 10.6. The molecule has 0 aliphatic rings. The van der Waals surface area contributed by atoms with Gasteiger partial charge in [-0.25, -0.2) is 0 Å². The van der Waals surface area contributed by atoms with Gasteiger partial charge in [0, 0.05) is 11.1 Å². The second-order valence-electron chi connectivity index (χ2n) is 4.62. The number of hydrogen-bond donors (Lipinski definition) is 0. The van der Waals surface area contributed by atoms with Crippen molar-refractivity contribution in [2.75, 3.05) is 0 Å². The van der Waals surface area contributed by atoms with Crippen LogP contribution in [-0.2, 0) is 10.1 Å². The Labute approximate surface area is 130 Å². The summed E-state index contributed by atoms with van der Waals surface area (Å²) in [6.07, 6.45) is 0. The molecule has 0 aromatic heterocycles. The average molecular weight is 344 g/mol. The molecule has 0 bridgehead atoms. The second kappa shape index (κ2) is 6.04. The van der Waals surface area contributed by atoms with Crippen molar-refractivity contribution in [3.05, 3.63) is 54.1 Å². The highest BCUT2D eigenvalue weighted by molar-refractivity contribution is 7.88. The second-order valence-corrected chi connectivity index (χ2v) is 6.15. The van der Waals surface area contributed by atoms with Crippen LogP contribution in [0.2, 0.25) is 0 Å². The van der Waals surface area contributed by atoms with Crippen LogP contribution >= 0.6 is 0 Å². The van der Waals surface area contributed by atoms with E-state index in [1.807, 2.05) is 0 Å². The molecule has 0 fully saturated rings. The fraction of sp³-hybridized carbons (Fsp3) is 0.133. The van der Waals surface area contributed by atoms with Crippen molar-refractivity contribution in [2.24, 2.45) is 0 Å². The molecule has 2 aromatic rings. The van der Waals surface area contributed by atoms with Crippen LogP contribution in [0.15, 0.2) is 48.5 Å². The molecule has 0 N–H and O–H groups in total. The van der Waals surface area contributed by atoms with Crippen LogP contribution in [0.1, 0.15) is 17.3 Å². The van der Waals surface area contributed by atoms with Crippen LogP contribution in [0.25, 0.3) is 11.1 Å². The van der Waals surface area contributed by atoms with E-state index >= 15 is 0 Å². The van der Waals surface area contributed by atoms with Gasteiger partial charge in [0.1, 0.15) is 0 Å². The van der Waals surface area contributed by atoms with Gasteiger partial charge in [-0.15, -0.1) is 0 Å². The summed E-state index contributed by atoms with van der Waals surface area (Å²) in [5, 5.41) is 0. The largest absolute Gasteiger partial charge is 0.534 e. The lowest BCUT2D eigenvalue weighted by atomic mass is 10.0. The first-order valence-corrected chi connectivity index (χ1v) is 7.74. The minimum absolute atomic E-state index is 0.0389. The standard InChI is InChI=1S/C15H11F3O4S/c1-10(19)12-7-8-13(11-5-3-2-4-6-11)14(9-12)22-23(20,21)15(16,17)18/h2-9H,1H3. The predicted octanol–water partition coefficient (Wildman–Crippen LogP) is 3.78. The topological polar surface area (TPSA) is 60.4 Å². The summed E-state index contributed by atoms with van der Waals surface area (Å²) in [6, 6.07) is 11.8. The maximum Gasteiger partial charge on any atom is 0.534 e. The van der Waals surface area contributed by atoms with Crippen molar-refractivity contribution in [1.29, 1.82) is 0 Å². The fourth-order valence-electron chi connectivity index (χ4n) is 1.83. The number of rotatable bonds is 4. The van der Waals surface area contributed by atoms with Gasteiger partial charge in [-0.1, -0.05) is 36.4 Å². The monoisotopic (exact) mass is 344 g/mol. The molecule has 4 nitrogen and oxygen atoms in total. The normalized spacial score (nSPS) is 12.0. The van der Waals surface area contributed by atoms with Crippen molar-refractivity contribution in [2.45, 2.75) is 12.4 Å². The van der Waals surface area contributed by atoms with Gasteiger partial charge >= 0.3 is 15.6 Å². The van der Waals surface area contributed by atoms with E-state index in [0.29, 0.717) is 5.56 Å². The summed E-state index contributed by atoms with van der Waals surface area (Å²) in [5.41, 5.74) is -4.94. The number of carbonyl (C=O) groups excluding carboxylic acids is 1. The fourth-order valence-corrected chi connectivity index (χ4v) is 2.30. The Hall–Kier alpha value is -2.35. The first-order valence-electron chi connectivity index (χ1n) is 6.33. The van der Waals surface area contributed by atoms with Crippen molar-refractivity contribution in [1.82, 2.24) is 0 Å². The average Bonchev–Trinajstić information content (AvgIpc) is 2.46. The maximum absolute atomic E-state index is 12.5. The number of ketones is 1. The SMILES string of the molecule is CC(=O)c1ccc(-c2ccccc2)c(OS(=O)(=O)C(F)(F)F)c1. The van der Waals surface area contributed by atoms with Gasteiger partial charge in [-0.2, -0.15) is 21.6 Å². The Morgan fingerprint density at radius 2 is 1.65 bits per heavy atom. The summed E-state index contributed by atoms with van der Waals surface area (Å²) in [4.78, 5) is 11.4. The Bertz CT molecular complexity index is 828. The number of alkyl halides is 3. The van der Waals surface area contributed by atoms with E-state index in [1.54, 1.807) is 30.3 Å². The molecule has 0 atom stereocenters. The summed E-state index contributed by atoms with van der Waals surface area (Å²) >= 11 is 0. The van der Waals surface area contributed by atoms with Gasteiger partial charge in [0.2, 0.25) is 0 Å². The number of halogens is 3. The molecule has 23 heavy (non-hydrogen) atoms. The van der Waals surface area contributed by atoms with Gasteiger partial charge < -0.3 is 4.18 Å². The molecule has 0 saturated carbocycles. The van der Waals surface area contributed by atoms with E-state index in [-0.39, 0.29) is 11.1 Å². The van der Waals surface area contributed by atoms with Crippen molar-refractivity contribution in [3.63, 3.8) is 0 Å². The molecule has 0 aliphatic carbocycles. The quantitative estimate of drug-likeness (QED) is 0.481. The third-order valence-electron chi connectivity index (χ3n) is 2.96. The molecule has 122 valence electrons. The van der Waals surface area contributed by atoms with Crippen molar-refractivity contribution < 1.29 is 30.6 Å². The van der Waals surface area contributed by atoms with Gasteiger partial charge in [0.05, 0.1) is 0 Å². The molecular weight excluding hydrogens is 333 g/mol. The molecule has 8 heteroatoms. The van der Waals surface area contributed by atoms with Crippen LogP contribution < -0.4 is 4.18 Å². The molecule has 0 heterocycles. The lowest BCUT2D eigenvalue weighted by molar-refractivity contribution is -0.0499. The summed E-state index contributed by atoms with van der Waals surface area (Å²) in [5.74, 6) is -0.986. The molecule has 0 saturated heterocycles. The highest BCUT2D eigenvalue weighted by Gasteiger charge is 2.48. The first kappa shape index (κ1) is 17.0. The van der Waals surface area contributed by atoms with E-state index < -0.39 is 27.2 Å². The molecule has 2 rings (SSSR count). The Balaban J connectivity index is 2.59. The highest BCUT2D eigenvalue weighted by Crippen LogP contribution is 2.35. The van der Waals surface area contributed by atoms with Gasteiger partial charge in [-0.3, -0.25) is 4.79 Å². The minimum Gasteiger partial charge on any atom is -0.375 e. The van der Waals surface area contributed by atoms with Gasteiger partial charge in [0.15, 0.2) is 11.5 Å². The molecule has 0 spiro atoms. The third-order valence-corrected chi connectivity index (χ3v) is 3.92. The van der Waals surface area contributed by atoms with E-state index in [9.17, 15) is 26.4 Å². The van der Waals surface area contributed by atoms with Gasteiger partial charge in [0.25, 0.3) is 0 Å². The Kier molecular flexibility index (Phi) is 4.46. The molecule has 0 aliphatic heterocycles. The van der Waals surface area contributed by atoms with Crippen LogP contribution in [0.5, 0.6) is 5.75 Å². The lowest BCUT2D eigenvalue weighted by Crippen LogP contribution is -2.28. The van der Waals surface area contributed by atoms with E-state index in [0.717, 1.165) is 6.07 Å². The lowest BCUT2D eigenvalue weighted by Gasteiger charge is -2.14. The Morgan fingerprint density at radius 3 is 2.17 bits per heavy atom.